The first-order valence-corrected chi connectivity index (χ1v) is 8.52. The fourth-order valence-corrected chi connectivity index (χ4v) is 4.45. The molecular formula is C19H26O2. The van der Waals surface area contributed by atoms with Gasteiger partial charge in [0.25, 0.3) is 0 Å². The minimum Gasteiger partial charge on any atom is -0.481 e. The predicted molar refractivity (Wildman–Crippen MR) is 84.5 cm³/mol. The number of carboxylic acids is 1. The van der Waals surface area contributed by atoms with Crippen LogP contribution in [0.25, 0.3) is 0 Å². The second kappa shape index (κ2) is 6.21. The van der Waals surface area contributed by atoms with Crippen molar-refractivity contribution in [3.05, 3.63) is 35.4 Å². The van der Waals surface area contributed by atoms with Gasteiger partial charge >= 0.3 is 5.97 Å². The summed E-state index contributed by atoms with van der Waals surface area (Å²) in [5.41, 5.74) is 2.41. The number of carboxylic acid groups (broad SMARTS) is 1. The van der Waals surface area contributed by atoms with E-state index >= 15 is 0 Å². The predicted octanol–water partition coefficient (Wildman–Crippen LogP) is 4.92. The highest BCUT2D eigenvalue weighted by Gasteiger charge is 2.41. The van der Waals surface area contributed by atoms with Gasteiger partial charge in [0.2, 0.25) is 0 Å². The Bertz CT molecular complexity index is 498. The third-order valence-corrected chi connectivity index (χ3v) is 5.65. The van der Waals surface area contributed by atoms with Crippen LogP contribution in [0.3, 0.4) is 0 Å². The van der Waals surface area contributed by atoms with Crippen LogP contribution in [0, 0.1) is 5.41 Å². The van der Waals surface area contributed by atoms with Crippen molar-refractivity contribution in [2.45, 2.75) is 70.1 Å². The summed E-state index contributed by atoms with van der Waals surface area (Å²) >= 11 is 0. The molecule has 2 aliphatic carbocycles. The number of hydrogen-bond donors (Lipinski definition) is 1. The van der Waals surface area contributed by atoms with E-state index in [2.05, 4.69) is 24.3 Å². The third-order valence-electron chi connectivity index (χ3n) is 5.65. The van der Waals surface area contributed by atoms with Crippen molar-refractivity contribution < 1.29 is 9.90 Å². The van der Waals surface area contributed by atoms with E-state index in [-0.39, 0.29) is 0 Å². The van der Waals surface area contributed by atoms with E-state index in [1.165, 1.54) is 30.4 Å². The summed E-state index contributed by atoms with van der Waals surface area (Å²) in [5, 5.41) is 9.89. The molecular weight excluding hydrogens is 260 g/mol. The van der Waals surface area contributed by atoms with Crippen molar-refractivity contribution in [2.24, 2.45) is 5.41 Å². The maximum absolute atomic E-state index is 12.0. The molecule has 1 unspecified atom stereocenters. The van der Waals surface area contributed by atoms with E-state index in [0.29, 0.717) is 5.92 Å². The molecule has 2 heteroatoms. The van der Waals surface area contributed by atoms with E-state index < -0.39 is 11.4 Å². The van der Waals surface area contributed by atoms with Gasteiger partial charge in [0.05, 0.1) is 5.41 Å². The topological polar surface area (TPSA) is 37.3 Å². The average molecular weight is 286 g/mol. The molecule has 0 saturated heterocycles. The number of hydrogen-bond acceptors (Lipinski definition) is 1. The van der Waals surface area contributed by atoms with Crippen LogP contribution in [0.1, 0.15) is 74.8 Å². The van der Waals surface area contributed by atoms with Crippen LogP contribution in [0.15, 0.2) is 24.3 Å². The van der Waals surface area contributed by atoms with Crippen molar-refractivity contribution >= 4 is 5.97 Å². The molecule has 3 rings (SSSR count). The standard InChI is InChI=1S/C19H26O2/c20-18(21)19(12-5-1-2-6-13-19)14-16-10-7-9-15-8-3-4-11-17(15)16/h3-4,8,11,16H,1-2,5-7,9-10,12-14H2,(H,20,21). The Labute approximate surface area is 127 Å². The van der Waals surface area contributed by atoms with Crippen LogP contribution in [-0.2, 0) is 11.2 Å². The smallest absolute Gasteiger partial charge is 0.309 e. The SMILES string of the molecule is O=C(O)C1(CC2CCCc3ccccc32)CCCCCC1. The van der Waals surface area contributed by atoms with Crippen LogP contribution < -0.4 is 0 Å². The maximum atomic E-state index is 12.0. The second-order valence-corrected chi connectivity index (χ2v) is 6.99. The lowest BCUT2D eigenvalue weighted by atomic mass is 9.69. The summed E-state index contributed by atoms with van der Waals surface area (Å²) in [4.78, 5) is 12.0. The zero-order valence-corrected chi connectivity index (χ0v) is 12.8. The molecule has 1 aromatic rings. The van der Waals surface area contributed by atoms with Crippen LogP contribution in [0.4, 0.5) is 0 Å². The molecule has 2 aliphatic rings. The Morgan fingerprint density at radius 3 is 2.52 bits per heavy atom. The molecule has 0 radical (unpaired) electrons. The van der Waals surface area contributed by atoms with E-state index in [4.69, 9.17) is 0 Å². The Hall–Kier alpha value is -1.31. The van der Waals surface area contributed by atoms with Crippen molar-refractivity contribution in [3.8, 4) is 0 Å². The molecule has 114 valence electrons. The molecule has 0 heterocycles. The zero-order chi connectivity index (χ0) is 14.7. The van der Waals surface area contributed by atoms with Crippen molar-refractivity contribution in [3.63, 3.8) is 0 Å². The van der Waals surface area contributed by atoms with Crippen LogP contribution in [-0.4, -0.2) is 11.1 Å². The number of aliphatic carboxylic acids is 1. The van der Waals surface area contributed by atoms with Gasteiger partial charge < -0.3 is 5.11 Å². The molecule has 1 N–H and O–H groups in total. The monoisotopic (exact) mass is 286 g/mol. The molecule has 1 fully saturated rings. The second-order valence-electron chi connectivity index (χ2n) is 6.99. The number of carbonyl (C=O) groups is 1. The fourth-order valence-electron chi connectivity index (χ4n) is 4.45. The Morgan fingerprint density at radius 1 is 1.10 bits per heavy atom. The summed E-state index contributed by atoms with van der Waals surface area (Å²) in [6, 6.07) is 8.67. The lowest BCUT2D eigenvalue weighted by Gasteiger charge is -2.35. The highest BCUT2D eigenvalue weighted by Crippen LogP contribution is 2.46. The Morgan fingerprint density at radius 2 is 1.81 bits per heavy atom. The minimum atomic E-state index is -0.549. The molecule has 2 nitrogen and oxygen atoms in total. The van der Waals surface area contributed by atoms with Crippen molar-refractivity contribution in [2.75, 3.05) is 0 Å². The average Bonchev–Trinajstić information content (AvgIpc) is 2.74. The van der Waals surface area contributed by atoms with E-state index in [1.54, 1.807) is 0 Å². The summed E-state index contributed by atoms with van der Waals surface area (Å²) in [6.45, 7) is 0. The van der Waals surface area contributed by atoms with E-state index in [0.717, 1.165) is 44.9 Å². The Kier molecular flexibility index (Phi) is 4.32. The maximum Gasteiger partial charge on any atom is 0.309 e. The first-order chi connectivity index (χ1) is 10.2. The molecule has 0 amide bonds. The Balaban J connectivity index is 1.85. The van der Waals surface area contributed by atoms with Crippen LogP contribution in [0.5, 0.6) is 0 Å². The zero-order valence-electron chi connectivity index (χ0n) is 12.8. The third kappa shape index (κ3) is 3.00. The summed E-state index contributed by atoms with van der Waals surface area (Å²) < 4.78 is 0. The molecule has 21 heavy (non-hydrogen) atoms. The number of benzene rings is 1. The summed E-state index contributed by atoms with van der Waals surface area (Å²) in [7, 11) is 0. The quantitative estimate of drug-likeness (QED) is 0.801. The van der Waals surface area contributed by atoms with E-state index in [1.807, 2.05) is 0 Å². The molecule has 1 aromatic carbocycles. The van der Waals surface area contributed by atoms with Crippen LogP contribution in [0.2, 0.25) is 0 Å². The highest BCUT2D eigenvalue weighted by molar-refractivity contribution is 5.74. The van der Waals surface area contributed by atoms with Crippen molar-refractivity contribution in [1.82, 2.24) is 0 Å². The molecule has 0 spiro atoms. The highest BCUT2D eigenvalue weighted by atomic mass is 16.4. The lowest BCUT2D eigenvalue weighted by molar-refractivity contribution is -0.150. The molecule has 0 aliphatic heterocycles. The van der Waals surface area contributed by atoms with Gasteiger partial charge in [-0.1, -0.05) is 49.9 Å². The lowest BCUT2D eigenvalue weighted by Crippen LogP contribution is -2.33. The number of fused-ring (bicyclic) bond motifs is 1. The van der Waals surface area contributed by atoms with E-state index in [9.17, 15) is 9.90 Å². The van der Waals surface area contributed by atoms with Crippen LogP contribution >= 0.6 is 0 Å². The summed E-state index contributed by atoms with van der Waals surface area (Å²) in [6.07, 6.45) is 10.7. The summed E-state index contributed by atoms with van der Waals surface area (Å²) in [5.74, 6) is -0.100. The molecule has 0 bridgehead atoms. The fraction of sp³-hybridized carbons (Fsp3) is 0.632. The largest absolute Gasteiger partial charge is 0.481 e. The van der Waals surface area contributed by atoms with Gasteiger partial charge in [-0.05, 0) is 55.6 Å². The van der Waals surface area contributed by atoms with Gasteiger partial charge in [0.1, 0.15) is 0 Å². The van der Waals surface area contributed by atoms with Gasteiger partial charge in [-0.15, -0.1) is 0 Å². The van der Waals surface area contributed by atoms with Gasteiger partial charge in [-0.25, -0.2) is 0 Å². The van der Waals surface area contributed by atoms with Gasteiger partial charge in [0.15, 0.2) is 0 Å². The first kappa shape index (κ1) is 14.6. The number of aryl methyl sites for hydroxylation is 1. The normalized spacial score (nSPS) is 24.9. The van der Waals surface area contributed by atoms with Gasteiger partial charge in [-0.2, -0.15) is 0 Å². The molecule has 1 atom stereocenters. The first-order valence-electron chi connectivity index (χ1n) is 8.52. The van der Waals surface area contributed by atoms with Crippen molar-refractivity contribution in [1.29, 1.82) is 0 Å². The minimum absolute atomic E-state index is 0.448. The van der Waals surface area contributed by atoms with Gasteiger partial charge in [0, 0.05) is 0 Å². The van der Waals surface area contributed by atoms with Gasteiger partial charge in [-0.3, -0.25) is 4.79 Å². The molecule has 1 saturated carbocycles. The molecule has 0 aromatic heterocycles. The number of rotatable bonds is 3.